The number of halogens is 2. The molecule has 1 aliphatic carbocycles. The van der Waals surface area contributed by atoms with E-state index in [4.69, 9.17) is 27.9 Å². The Morgan fingerprint density at radius 1 is 1.29 bits per heavy atom. The van der Waals surface area contributed by atoms with Crippen LogP contribution in [0.25, 0.3) is 0 Å². The average molecular weight is 331 g/mol. The number of alkyl halides is 2. The molecule has 5 nitrogen and oxygen atoms in total. The maximum Gasteiger partial charge on any atom is 0.233 e. The largest absolute Gasteiger partial charge is 0.494 e. The van der Waals surface area contributed by atoms with E-state index in [0.717, 1.165) is 0 Å². The van der Waals surface area contributed by atoms with Crippen LogP contribution >= 0.6 is 23.2 Å². The molecule has 2 amide bonds. The number of methoxy groups -OCH3 is 1. The molecule has 1 saturated carbocycles. The fourth-order valence-electron chi connectivity index (χ4n) is 1.98. The van der Waals surface area contributed by atoms with Crippen molar-refractivity contribution in [1.82, 2.24) is 0 Å². The van der Waals surface area contributed by atoms with Crippen LogP contribution in [0.1, 0.15) is 20.3 Å². The molecule has 1 unspecified atom stereocenters. The molecule has 1 aromatic rings. The Balaban J connectivity index is 2.15. The van der Waals surface area contributed by atoms with Crippen molar-refractivity contribution in [2.75, 3.05) is 17.7 Å². The molecule has 2 N–H and O–H groups in total. The lowest BCUT2D eigenvalue weighted by atomic mass is 10.1. The molecule has 1 atom stereocenters. The van der Waals surface area contributed by atoms with E-state index in [9.17, 15) is 9.59 Å². The zero-order chi connectivity index (χ0) is 15.8. The van der Waals surface area contributed by atoms with Crippen LogP contribution in [-0.2, 0) is 9.59 Å². The van der Waals surface area contributed by atoms with Gasteiger partial charge in [-0.15, -0.1) is 23.2 Å². The van der Waals surface area contributed by atoms with E-state index < -0.39 is 9.75 Å². The first-order valence-electron chi connectivity index (χ1n) is 6.34. The molecule has 0 bridgehead atoms. The predicted molar refractivity (Wildman–Crippen MR) is 83.1 cm³/mol. The summed E-state index contributed by atoms with van der Waals surface area (Å²) in [7, 11) is 1.48. The van der Waals surface area contributed by atoms with E-state index in [2.05, 4.69) is 10.6 Å². The Morgan fingerprint density at radius 3 is 2.38 bits per heavy atom. The summed E-state index contributed by atoms with van der Waals surface area (Å²) < 4.78 is 4.18. The lowest BCUT2D eigenvalue weighted by Gasteiger charge is -2.15. The van der Waals surface area contributed by atoms with Gasteiger partial charge < -0.3 is 15.4 Å². The number of carbonyl (C=O) groups is 2. The Kier molecular flexibility index (Phi) is 4.08. The standard InChI is InChI=1S/C14H16Cl2N2O3/c1-8(19)17-10-5-4-9(6-11(10)21-3)18-12(20)13(2)7-14(13,15)16/h4-6H,7H2,1-3H3,(H,17,19)(H,18,20). The van der Waals surface area contributed by atoms with Crippen molar-refractivity contribution in [2.24, 2.45) is 5.41 Å². The molecule has 0 spiro atoms. The van der Waals surface area contributed by atoms with Crippen LogP contribution in [0.2, 0.25) is 0 Å². The minimum absolute atomic E-state index is 0.204. The second-order valence-corrected chi connectivity index (χ2v) is 6.75. The van der Waals surface area contributed by atoms with Gasteiger partial charge in [0.1, 0.15) is 10.1 Å². The minimum atomic E-state index is -1.02. The third-order valence-electron chi connectivity index (χ3n) is 3.53. The van der Waals surface area contributed by atoms with Gasteiger partial charge in [0.15, 0.2) is 0 Å². The Morgan fingerprint density at radius 2 is 1.90 bits per heavy atom. The number of amides is 2. The molecule has 114 valence electrons. The highest BCUT2D eigenvalue weighted by atomic mass is 35.5. The first kappa shape index (κ1) is 15.9. The highest BCUT2D eigenvalue weighted by Crippen LogP contribution is 2.64. The van der Waals surface area contributed by atoms with Gasteiger partial charge in [-0.05, 0) is 25.5 Å². The van der Waals surface area contributed by atoms with Gasteiger partial charge in [-0.2, -0.15) is 0 Å². The summed E-state index contributed by atoms with van der Waals surface area (Å²) >= 11 is 12.0. The van der Waals surface area contributed by atoms with Crippen LogP contribution in [0.5, 0.6) is 5.75 Å². The number of carbonyl (C=O) groups excluding carboxylic acids is 2. The Bertz CT molecular complexity index is 604. The third-order valence-corrected chi connectivity index (χ3v) is 4.63. The molecular formula is C14H16Cl2N2O3. The van der Waals surface area contributed by atoms with Crippen molar-refractivity contribution in [1.29, 1.82) is 0 Å². The zero-order valence-corrected chi connectivity index (χ0v) is 13.4. The van der Waals surface area contributed by atoms with Crippen LogP contribution in [-0.4, -0.2) is 23.3 Å². The minimum Gasteiger partial charge on any atom is -0.494 e. The highest BCUT2D eigenvalue weighted by Gasteiger charge is 2.67. The van der Waals surface area contributed by atoms with E-state index >= 15 is 0 Å². The summed E-state index contributed by atoms with van der Waals surface area (Å²) in [5, 5.41) is 5.40. The van der Waals surface area contributed by atoms with Crippen LogP contribution in [0.3, 0.4) is 0 Å². The summed E-state index contributed by atoms with van der Waals surface area (Å²) in [5.74, 6) is -0.00145. The summed E-state index contributed by atoms with van der Waals surface area (Å²) in [5.41, 5.74) is 0.285. The predicted octanol–water partition coefficient (Wildman–Crippen LogP) is 3.18. The van der Waals surface area contributed by atoms with Gasteiger partial charge in [0.05, 0.1) is 18.2 Å². The fraction of sp³-hybridized carbons (Fsp3) is 0.429. The van der Waals surface area contributed by atoms with E-state index in [1.807, 2.05) is 0 Å². The van der Waals surface area contributed by atoms with E-state index in [-0.39, 0.29) is 11.8 Å². The number of hydrogen-bond acceptors (Lipinski definition) is 3. The molecule has 0 heterocycles. The van der Waals surface area contributed by atoms with Crippen LogP contribution in [0.15, 0.2) is 18.2 Å². The van der Waals surface area contributed by atoms with Crippen molar-refractivity contribution < 1.29 is 14.3 Å². The van der Waals surface area contributed by atoms with Crippen LogP contribution in [0.4, 0.5) is 11.4 Å². The number of benzene rings is 1. The second-order valence-electron chi connectivity index (χ2n) is 5.26. The molecule has 0 radical (unpaired) electrons. The molecule has 0 aliphatic heterocycles. The zero-order valence-electron chi connectivity index (χ0n) is 11.9. The molecule has 7 heteroatoms. The molecule has 1 aromatic carbocycles. The van der Waals surface area contributed by atoms with E-state index in [1.54, 1.807) is 25.1 Å². The van der Waals surface area contributed by atoms with Crippen molar-refractivity contribution in [3.63, 3.8) is 0 Å². The third kappa shape index (κ3) is 3.09. The average Bonchev–Trinajstić information content (AvgIpc) is 2.91. The topological polar surface area (TPSA) is 67.4 Å². The van der Waals surface area contributed by atoms with Gasteiger partial charge in [0, 0.05) is 18.7 Å². The van der Waals surface area contributed by atoms with E-state index in [0.29, 0.717) is 23.5 Å². The van der Waals surface area contributed by atoms with Gasteiger partial charge in [-0.3, -0.25) is 9.59 Å². The number of anilines is 2. The van der Waals surface area contributed by atoms with Crippen molar-refractivity contribution in [2.45, 2.75) is 24.6 Å². The maximum absolute atomic E-state index is 12.2. The van der Waals surface area contributed by atoms with Crippen LogP contribution < -0.4 is 15.4 Å². The SMILES string of the molecule is COc1cc(NC(=O)C2(C)CC2(Cl)Cl)ccc1NC(C)=O. The quantitative estimate of drug-likeness (QED) is 0.833. The lowest BCUT2D eigenvalue weighted by molar-refractivity contribution is -0.120. The van der Waals surface area contributed by atoms with Gasteiger partial charge in [0.25, 0.3) is 0 Å². The summed E-state index contributed by atoms with van der Waals surface area (Å²) in [6.45, 7) is 3.12. The fourth-order valence-corrected chi connectivity index (χ4v) is 2.68. The Hall–Kier alpha value is -1.46. The highest BCUT2D eigenvalue weighted by molar-refractivity contribution is 6.53. The van der Waals surface area contributed by atoms with Crippen molar-refractivity contribution in [3.8, 4) is 5.75 Å². The molecule has 0 saturated heterocycles. The normalized spacial score (nSPS) is 22.3. The smallest absolute Gasteiger partial charge is 0.233 e. The van der Waals surface area contributed by atoms with Crippen molar-refractivity contribution in [3.05, 3.63) is 18.2 Å². The molecule has 2 rings (SSSR count). The molecule has 1 fully saturated rings. The monoisotopic (exact) mass is 330 g/mol. The summed E-state index contributed by atoms with van der Waals surface area (Å²) in [4.78, 5) is 23.3. The second kappa shape index (κ2) is 5.39. The van der Waals surface area contributed by atoms with Gasteiger partial charge in [0.2, 0.25) is 11.8 Å². The van der Waals surface area contributed by atoms with Crippen molar-refractivity contribution >= 4 is 46.4 Å². The first-order chi connectivity index (χ1) is 9.69. The maximum atomic E-state index is 12.2. The molecular weight excluding hydrogens is 315 g/mol. The van der Waals surface area contributed by atoms with Gasteiger partial charge in [-0.1, -0.05) is 0 Å². The Labute approximate surface area is 132 Å². The number of rotatable bonds is 4. The van der Waals surface area contributed by atoms with Crippen LogP contribution in [0, 0.1) is 5.41 Å². The molecule has 21 heavy (non-hydrogen) atoms. The molecule has 0 aromatic heterocycles. The lowest BCUT2D eigenvalue weighted by Crippen LogP contribution is -2.25. The molecule has 1 aliphatic rings. The van der Waals surface area contributed by atoms with Gasteiger partial charge >= 0.3 is 0 Å². The summed E-state index contributed by atoms with van der Waals surface area (Å²) in [6.07, 6.45) is 0.413. The first-order valence-corrected chi connectivity index (χ1v) is 7.10. The number of hydrogen-bond donors (Lipinski definition) is 2. The summed E-state index contributed by atoms with van der Waals surface area (Å²) in [6, 6.07) is 4.94. The van der Waals surface area contributed by atoms with Gasteiger partial charge in [-0.25, -0.2) is 0 Å². The number of ether oxygens (including phenoxy) is 1. The number of nitrogens with one attached hydrogen (secondary N) is 2. The van der Waals surface area contributed by atoms with E-state index in [1.165, 1.54) is 14.0 Å².